The van der Waals surface area contributed by atoms with Crippen molar-refractivity contribution in [1.29, 1.82) is 0 Å². The predicted octanol–water partition coefficient (Wildman–Crippen LogP) is 2.36. The Morgan fingerprint density at radius 1 is 1.67 bits per heavy atom. The second-order valence-corrected chi connectivity index (χ2v) is 4.47. The summed E-state index contributed by atoms with van der Waals surface area (Å²) in [6.45, 7) is 8.42. The molecule has 2 saturated carbocycles. The minimum absolute atomic E-state index is 0.0355. The Hall–Kier alpha value is -0.300. The van der Waals surface area contributed by atoms with Gasteiger partial charge in [-0.25, -0.2) is 0 Å². The first-order valence-electron chi connectivity index (χ1n) is 4.98. The van der Waals surface area contributed by atoms with Gasteiger partial charge in [0.15, 0.2) is 0 Å². The molecule has 0 aromatic rings. The fraction of sp³-hybridized carbons (Fsp3) is 0.818. The van der Waals surface area contributed by atoms with Crippen molar-refractivity contribution < 1.29 is 5.11 Å². The Bertz CT molecular complexity index is 221. The number of fused-ring (bicyclic) bond motifs is 1. The van der Waals surface area contributed by atoms with Crippen molar-refractivity contribution in [3.63, 3.8) is 0 Å². The first-order valence-corrected chi connectivity index (χ1v) is 4.98. The molecule has 0 saturated heterocycles. The third-order valence-corrected chi connectivity index (χ3v) is 4.08. The normalized spacial score (nSPS) is 50.4. The van der Waals surface area contributed by atoms with Gasteiger partial charge in [-0.1, -0.05) is 25.5 Å². The summed E-state index contributed by atoms with van der Waals surface area (Å²) in [5.74, 6) is 1.29. The maximum Gasteiger partial charge on any atom is 0.0580 e. The molecule has 0 aliphatic heterocycles. The predicted molar refractivity (Wildman–Crippen MR) is 49.8 cm³/mol. The highest BCUT2D eigenvalue weighted by Crippen LogP contribution is 2.72. The van der Waals surface area contributed by atoms with Crippen LogP contribution in [0.1, 0.15) is 33.1 Å². The summed E-state index contributed by atoms with van der Waals surface area (Å²) >= 11 is 0. The highest BCUT2D eigenvalue weighted by atomic mass is 16.3. The average Bonchev–Trinajstić information content (AvgIpc) is 2.59. The van der Waals surface area contributed by atoms with E-state index in [9.17, 15) is 5.11 Å². The lowest BCUT2D eigenvalue weighted by atomic mass is 9.91. The highest BCUT2D eigenvalue weighted by Gasteiger charge is 2.69. The highest BCUT2D eigenvalue weighted by molar-refractivity contribution is 5.30. The molecule has 1 N–H and O–H groups in total. The lowest BCUT2D eigenvalue weighted by molar-refractivity contribution is 0.149. The molecule has 0 heterocycles. The molecule has 2 rings (SSSR count). The Kier molecular flexibility index (Phi) is 1.63. The van der Waals surface area contributed by atoms with Crippen LogP contribution in [0.25, 0.3) is 0 Å². The molecule has 0 aromatic heterocycles. The van der Waals surface area contributed by atoms with Gasteiger partial charge in [0, 0.05) is 0 Å². The smallest absolute Gasteiger partial charge is 0.0580 e. The van der Waals surface area contributed by atoms with Crippen LogP contribution in [0.15, 0.2) is 12.2 Å². The molecule has 68 valence electrons. The van der Waals surface area contributed by atoms with Crippen molar-refractivity contribution >= 4 is 0 Å². The molecule has 0 aromatic carbocycles. The van der Waals surface area contributed by atoms with E-state index in [4.69, 9.17) is 0 Å². The van der Waals surface area contributed by atoms with Gasteiger partial charge in [0.1, 0.15) is 0 Å². The van der Waals surface area contributed by atoms with Crippen molar-refractivity contribution in [2.45, 2.75) is 39.2 Å². The lowest BCUT2D eigenvalue weighted by Crippen LogP contribution is -2.06. The quantitative estimate of drug-likeness (QED) is 0.624. The van der Waals surface area contributed by atoms with Crippen molar-refractivity contribution in [3.05, 3.63) is 12.2 Å². The monoisotopic (exact) mass is 166 g/mol. The van der Waals surface area contributed by atoms with Gasteiger partial charge in [-0.3, -0.25) is 0 Å². The summed E-state index contributed by atoms with van der Waals surface area (Å²) in [6, 6.07) is 0. The molecule has 0 amide bonds. The van der Waals surface area contributed by atoms with E-state index in [-0.39, 0.29) is 6.10 Å². The van der Waals surface area contributed by atoms with Crippen molar-refractivity contribution in [3.8, 4) is 0 Å². The summed E-state index contributed by atoms with van der Waals surface area (Å²) in [4.78, 5) is 0. The molecule has 1 nitrogen and oxygen atoms in total. The first kappa shape index (κ1) is 8.31. The number of aliphatic hydroxyl groups is 1. The van der Waals surface area contributed by atoms with E-state index in [2.05, 4.69) is 20.4 Å². The zero-order valence-corrected chi connectivity index (χ0v) is 8.01. The van der Waals surface area contributed by atoms with E-state index in [0.717, 1.165) is 12.3 Å². The summed E-state index contributed by atoms with van der Waals surface area (Å²) < 4.78 is 0. The summed E-state index contributed by atoms with van der Waals surface area (Å²) in [5.41, 5.74) is 1.66. The first-order chi connectivity index (χ1) is 5.64. The maximum atomic E-state index is 9.71. The molecule has 12 heavy (non-hydrogen) atoms. The van der Waals surface area contributed by atoms with Gasteiger partial charge in [0.25, 0.3) is 0 Å². The molecule has 1 unspecified atom stereocenters. The number of aliphatic hydroxyl groups excluding tert-OH is 1. The van der Waals surface area contributed by atoms with Crippen LogP contribution in [-0.4, -0.2) is 11.2 Å². The molecule has 0 bridgehead atoms. The van der Waals surface area contributed by atoms with E-state index >= 15 is 0 Å². The van der Waals surface area contributed by atoms with Gasteiger partial charge in [-0.15, -0.1) is 0 Å². The van der Waals surface area contributed by atoms with E-state index < -0.39 is 0 Å². The van der Waals surface area contributed by atoms with Crippen molar-refractivity contribution in [2.75, 3.05) is 0 Å². The minimum atomic E-state index is -0.0355. The lowest BCUT2D eigenvalue weighted by Gasteiger charge is -2.13. The molecule has 0 radical (unpaired) electrons. The molecular formula is C11H18O. The van der Waals surface area contributed by atoms with E-state index in [1.807, 2.05) is 0 Å². The standard InChI is InChI=1S/C11H18O/c1-4-8-10-9(12)5-6-11(8,10)7(2)3/h8-10,12H,2,4-6H2,1,3H3/t8?,9-,10-,11+/m1/s1. The number of allylic oxidation sites excluding steroid dienone is 1. The number of hydrogen-bond acceptors (Lipinski definition) is 1. The van der Waals surface area contributed by atoms with Crippen LogP contribution >= 0.6 is 0 Å². The van der Waals surface area contributed by atoms with Crippen LogP contribution in [0.5, 0.6) is 0 Å². The maximum absolute atomic E-state index is 9.71. The summed E-state index contributed by atoms with van der Waals surface area (Å²) in [7, 11) is 0. The summed E-state index contributed by atoms with van der Waals surface area (Å²) in [5, 5.41) is 9.71. The summed E-state index contributed by atoms with van der Waals surface area (Å²) in [6.07, 6.45) is 3.33. The Balaban J connectivity index is 2.22. The zero-order valence-electron chi connectivity index (χ0n) is 8.01. The third-order valence-electron chi connectivity index (χ3n) is 4.08. The van der Waals surface area contributed by atoms with Crippen LogP contribution in [0.3, 0.4) is 0 Å². The largest absolute Gasteiger partial charge is 0.393 e. The van der Waals surface area contributed by atoms with E-state index in [1.54, 1.807) is 0 Å². The Morgan fingerprint density at radius 2 is 2.33 bits per heavy atom. The van der Waals surface area contributed by atoms with Crippen LogP contribution in [-0.2, 0) is 0 Å². The van der Waals surface area contributed by atoms with Crippen LogP contribution < -0.4 is 0 Å². The van der Waals surface area contributed by atoms with Crippen molar-refractivity contribution in [1.82, 2.24) is 0 Å². The second-order valence-electron chi connectivity index (χ2n) is 4.47. The molecule has 0 spiro atoms. The van der Waals surface area contributed by atoms with Gasteiger partial charge in [0.05, 0.1) is 6.10 Å². The van der Waals surface area contributed by atoms with Crippen LogP contribution in [0.2, 0.25) is 0 Å². The van der Waals surface area contributed by atoms with Crippen LogP contribution in [0.4, 0.5) is 0 Å². The van der Waals surface area contributed by atoms with Gasteiger partial charge in [0.2, 0.25) is 0 Å². The van der Waals surface area contributed by atoms with Gasteiger partial charge in [-0.05, 0) is 37.0 Å². The molecule has 4 atom stereocenters. The Labute approximate surface area is 74.5 Å². The Morgan fingerprint density at radius 3 is 2.67 bits per heavy atom. The van der Waals surface area contributed by atoms with Gasteiger partial charge in [-0.2, -0.15) is 0 Å². The zero-order chi connectivity index (χ0) is 8.93. The fourth-order valence-electron chi connectivity index (χ4n) is 3.51. The molecule has 2 aliphatic rings. The molecular weight excluding hydrogens is 148 g/mol. The minimum Gasteiger partial charge on any atom is -0.393 e. The topological polar surface area (TPSA) is 20.2 Å². The van der Waals surface area contributed by atoms with E-state index in [0.29, 0.717) is 11.3 Å². The van der Waals surface area contributed by atoms with E-state index in [1.165, 1.54) is 18.4 Å². The average molecular weight is 166 g/mol. The second kappa shape index (κ2) is 2.35. The fourth-order valence-corrected chi connectivity index (χ4v) is 3.51. The molecule has 1 heteroatoms. The van der Waals surface area contributed by atoms with Gasteiger partial charge < -0.3 is 5.11 Å². The third kappa shape index (κ3) is 0.731. The van der Waals surface area contributed by atoms with Gasteiger partial charge >= 0.3 is 0 Å². The number of rotatable bonds is 2. The molecule has 2 aliphatic carbocycles. The number of hydrogen-bond donors (Lipinski definition) is 1. The molecule has 2 fully saturated rings. The van der Waals surface area contributed by atoms with Crippen molar-refractivity contribution in [2.24, 2.45) is 17.3 Å². The van der Waals surface area contributed by atoms with Crippen LogP contribution in [0, 0.1) is 17.3 Å². The SMILES string of the molecule is C=C(C)[C@]12CC[C@@H](O)[C@H]1C2CC.